The molecule has 0 radical (unpaired) electrons. The molecule has 5 amide bonds. The molecular weight excluding hydrogens is 521 g/mol. The van der Waals surface area contributed by atoms with Gasteiger partial charge in [0.15, 0.2) is 11.5 Å². The molecular formula is C24H21ClFN7O5. The van der Waals surface area contributed by atoms with Crippen molar-refractivity contribution in [3.8, 4) is 0 Å². The fraction of sp³-hybridized carbons (Fsp3) is 0.292. The minimum absolute atomic E-state index is 0.0147. The molecule has 2 aliphatic heterocycles. The van der Waals surface area contributed by atoms with Crippen molar-refractivity contribution in [3.63, 3.8) is 0 Å². The molecule has 2 fully saturated rings. The van der Waals surface area contributed by atoms with Crippen molar-refractivity contribution in [1.82, 2.24) is 30.1 Å². The predicted octanol–water partition coefficient (Wildman–Crippen LogP) is 1.00. The van der Waals surface area contributed by atoms with Gasteiger partial charge in [0.2, 0.25) is 11.8 Å². The number of hydrogen-bond acceptors (Lipinski definition) is 7. The van der Waals surface area contributed by atoms with Gasteiger partial charge in [-0.2, -0.15) is 0 Å². The highest BCUT2D eigenvalue weighted by Gasteiger charge is 2.41. The van der Waals surface area contributed by atoms with Crippen LogP contribution in [0.4, 0.5) is 15.0 Å². The number of carbonyl (C=O) groups is 4. The topological polar surface area (TPSA) is 147 Å². The Morgan fingerprint density at radius 2 is 1.89 bits per heavy atom. The van der Waals surface area contributed by atoms with E-state index >= 15 is 0 Å². The van der Waals surface area contributed by atoms with Crippen molar-refractivity contribution >= 4 is 52.3 Å². The lowest BCUT2D eigenvalue weighted by Crippen LogP contribution is -2.60. The number of nitrogens with one attached hydrogen (secondary N) is 2. The lowest BCUT2D eigenvalue weighted by Gasteiger charge is -2.42. The molecule has 0 atom stereocenters. The van der Waals surface area contributed by atoms with Gasteiger partial charge in [-0.25, -0.2) is 19.2 Å². The van der Waals surface area contributed by atoms with Crippen molar-refractivity contribution in [1.29, 1.82) is 0 Å². The lowest BCUT2D eigenvalue weighted by atomic mass is 9.99. The van der Waals surface area contributed by atoms with Crippen LogP contribution < -0.4 is 21.1 Å². The number of imide groups is 1. The van der Waals surface area contributed by atoms with Crippen molar-refractivity contribution in [2.75, 3.05) is 24.5 Å². The van der Waals surface area contributed by atoms with Crippen LogP contribution in [0.15, 0.2) is 41.3 Å². The number of carbonyl (C=O) groups excluding carboxylic acids is 4. The Hall–Kier alpha value is -4.39. The van der Waals surface area contributed by atoms with E-state index in [1.165, 1.54) is 24.1 Å². The number of aromatic nitrogens is 3. The molecule has 12 nitrogen and oxygen atoms in total. The van der Waals surface area contributed by atoms with Crippen LogP contribution >= 0.6 is 11.6 Å². The van der Waals surface area contributed by atoms with Gasteiger partial charge in [0.1, 0.15) is 29.8 Å². The number of nitrogens with zero attached hydrogens (tertiary/aromatic N) is 5. The molecule has 2 saturated heterocycles. The van der Waals surface area contributed by atoms with Crippen molar-refractivity contribution in [2.45, 2.75) is 25.7 Å². The molecule has 2 N–H and O–H groups in total. The molecule has 0 unspecified atom stereocenters. The molecule has 3 aromatic rings. The van der Waals surface area contributed by atoms with E-state index in [1.54, 1.807) is 24.3 Å². The first-order chi connectivity index (χ1) is 18.0. The largest absolute Gasteiger partial charge is 0.348 e. The number of amides is 5. The normalized spacial score (nSPS) is 16.4. The Balaban J connectivity index is 1.51. The number of pyridine rings is 1. The molecule has 2 aromatic heterocycles. The molecule has 0 saturated carbocycles. The summed E-state index contributed by atoms with van der Waals surface area (Å²) in [7, 11) is 0. The summed E-state index contributed by atoms with van der Waals surface area (Å²) in [5.74, 6) is -1.77. The van der Waals surface area contributed by atoms with Gasteiger partial charge in [0.05, 0.1) is 19.3 Å². The summed E-state index contributed by atoms with van der Waals surface area (Å²) in [6.07, 6.45) is 1.18. The van der Waals surface area contributed by atoms with E-state index in [4.69, 9.17) is 11.6 Å². The summed E-state index contributed by atoms with van der Waals surface area (Å²) in [5.41, 5.74) is -1.86. The van der Waals surface area contributed by atoms with Crippen molar-refractivity contribution in [3.05, 3.63) is 63.0 Å². The third-order valence-corrected chi connectivity index (χ3v) is 6.40. The summed E-state index contributed by atoms with van der Waals surface area (Å²) in [4.78, 5) is 73.8. The average Bonchev–Trinajstić information content (AvgIpc) is 3.20. The standard InChI is InChI=1S/C24H21ClFN7O5/c1-24(26)11-31(12-24)19(35)10-33-20-16(29-17(8-27-20)32-9-18(34)30-23(32)38)6-15(22(33)37)21(36)28-7-13-2-4-14(25)5-3-13/h2-6,8H,7,9-12H2,1H3,(H,28,36)(H,30,34,38). The van der Waals surface area contributed by atoms with Crippen LogP contribution in [-0.4, -0.2) is 68.5 Å². The molecule has 4 heterocycles. The van der Waals surface area contributed by atoms with Crippen LogP contribution in [0.1, 0.15) is 22.8 Å². The number of anilines is 1. The van der Waals surface area contributed by atoms with Crippen LogP contribution in [-0.2, 0) is 22.7 Å². The molecule has 1 aromatic carbocycles. The van der Waals surface area contributed by atoms with Crippen LogP contribution in [0, 0.1) is 0 Å². The highest BCUT2D eigenvalue weighted by Crippen LogP contribution is 2.25. The Labute approximate surface area is 219 Å². The number of rotatable bonds is 6. The number of halogens is 2. The highest BCUT2D eigenvalue weighted by atomic mass is 35.5. The van der Waals surface area contributed by atoms with Crippen LogP contribution in [0.5, 0.6) is 0 Å². The molecule has 196 valence electrons. The molecule has 0 aliphatic carbocycles. The SMILES string of the molecule is CC1(F)CN(C(=O)Cn2c(=O)c(C(=O)NCc3ccc(Cl)cc3)cc3nc(N4CC(=O)NC4=O)cnc32)C1. The summed E-state index contributed by atoms with van der Waals surface area (Å²) >= 11 is 5.89. The van der Waals surface area contributed by atoms with Crippen molar-refractivity contribution < 1.29 is 23.6 Å². The first-order valence-corrected chi connectivity index (χ1v) is 11.9. The van der Waals surface area contributed by atoms with E-state index in [2.05, 4.69) is 20.6 Å². The van der Waals surface area contributed by atoms with E-state index in [0.29, 0.717) is 5.02 Å². The van der Waals surface area contributed by atoms with E-state index in [0.717, 1.165) is 15.0 Å². The van der Waals surface area contributed by atoms with Crippen molar-refractivity contribution in [2.24, 2.45) is 0 Å². The zero-order valence-corrected chi connectivity index (χ0v) is 20.8. The van der Waals surface area contributed by atoms with Crippen LogP contribution in [0.2, 0.25) is 5.02 Å². The maximum Gasteiger partial charge on any atom is 0.330 e. The summed E-state index contributed by atoms with van der Waals surface area (Å²) in [6, 6.07) is 7.26. The average molecular weight is 542 g/mol. The van der Waals surface area contributed by atoms with E-state index < -0.39 is 41.5 Å². The maximum absolute atomic E-state index is 13.9. The summed E-state index contributed by atoms with van der Waals surface area (Å²) < 4.78 is 14.9. The first-order valence-electron chi connectivity index (χ1n) is 11.5. The number of fused-ring (bicyclic) bond motifs is 1. The lowest BCUT2D eigenvalue weighted by molar-refractivity contribution is -0.144. The fourth-order valence-corrected chi connectivity index (χ4v) is 4.37. The molecule has 5 rings (SSSR count). The third kappa shape index (κ3) is 4.92. The minimum atomic E-state index is -1.51. The van der Waals surface area contributed by atoms with Gasteiger partial charge in [-0.05, 0) is 30.7 Å². The van der Waals surface area contributed by atoms with Crippen LogP contribution in [0.3, 0.4) is 0 Å². The third-order valence-electron chi connectivity index (χ3n) is 6.15. The summed E-state index contributed by atoms with van der Waals surface area (Å²) in [6.45, 7) is 0.456. The summed E-state index contributed by atoms with van der Waals surface area (Å²) in [5, 5.41) is 5.31. The second kappa shape index (κ2) is 9.49. The van der Waals surface area contributed by atoms with Gasteiger partial charge in [-0.3, -0.25) is 34.0 Å². The number of hydrogen-bond donors (Lipinski definition) is 2. The van der Waals surface area contributed by atoms with Gasteiger partial charge in [-0.15, -0.1) is 0 Å². The number of alkyl halides is 1. The Bertz CT molecular complexity index is 1550. The Morgan fingerprint density at radius 3 is 2.53 bits per heavy atom. The van der Waals surface area contributed by atoms with E-state index in [-0.39, 0.29) is 48.7 Å². The second-order valence-electron chi connectivity index (χ2n) is 9.30. The molecule has 0 bridgehead atoms. The second-order valence-corrected chi connectivity index (χ2v) is 9.73. The number of urea groups is 1. The monoisotopic (exact) mass is 541 g/mol. The van der Waals surface area contributed by atoms with Gasteiger partial charge >= 0.3 is 6.03 Å². The predicted molar refractivity (Wildman–Crippen MR) is 133 cm³/mol. The maximum atomic E-state index is 13.9. The fourth-order valence-electron chi connectivity index (χ4n) is 4.24. The molecule has 0 spiro atoms. The molecule has 2 aliphatic rings. The Morgan fingerprint density at radius 1 is 1.18 bits per heavy atom. The Kier molecular flexibility index (Phi) is 6.31. The quantitative estimate of drug-likeness (QED) is 0.443. The highest BCUT2D eigenvalue weighted by molar-refractivity contribution is 6.30. The van der Waals surface area contributed by atoms with E-state index in [9.17, 15) is 28.4 Å². The van der Waals surface area contributed by atoms with Gasteiger partial charge in [0.25, 0.3) is 11.5 Å². The number of likely N-dealkylation sites (tertiary alicyclic amines) is 1. The first kappa shape index (κ1) is 25.3. The molecule has 14 heteroatoms. The minimum Gasteiger partial charge on any atom is -0.348 e. The van der Waals surface area contributed by atoms with E-state index in [1.807, 2.05) is 0 Å². The zero-order valence-electron chi connectivity index (χ0n) is 20.0. The number of benzene rings is 1. The van der Waals surface area contributed by atoms with Gasteiger partial charge < -0.3 is 10.2 Å². The van der Waals surface area contributed by atoms with Gasteiger partial charge in [-0.1, -0.05) is 23.7 Å². The zero-order chi connectivity index (χ0) is 27.2. The molecule has 38 heavy (non-hydrogen) atoms. The smallest absolute Gasteiger partial charge is 0.330 e. The van der Waals surface area contributed by atoms with Crippen LogP contribution in [0.25, 0.3) is 11.2 Å². The van der Waals surface area contributed by atoms with Gasteiger partial charge in [0, 0.05) is 11.6 Å².